The predicted molar refractivity (Wildman–Crippen MR) is 86.9 cm³/mol. The molecule has 1 N–H and O–H groups in total. The van der Waals surface area contributed by atoms with Gasteiger partial charge in [-0.15, -0.1) is 0 Å². The molecule has 0 aromatic heterocycles. The van der Waals surface area contributed by atoms with Gasteiger partial charge in [-0.1, -0.05) is 50.0 Å². The summed E-state index contributed by atoms with van der Waals surface area (Å²) in [6, 6.07) is 5.36. The molecule has 4 heteroatoms. The summed E-state index contributed by atoms with van der Waals surface area (Å²) in [4.78, 5) is 12.6. The predicted octanol–water partition coefficient (Wildman–Crippen LogP) is 4.94. The quantitative estimate of drug-likeness (QED) is 0.819. The number of amides is 1. The molecule has 2 aliphatic rings. The number of carbonyl (C=O) groups is 1. The summed E-state index contributed by atoms with van der Waals surface area (Å²) < 4.78 is 0. The number of hydrogen-bond acceptors (Lipinski definition) is 1. The van der Waals surface area contributed by atoms with E-state index in [1.54, 1.807) is 18.2 Å². The van der Waals surface area contributed by atoms with Crippen molar-refractivity contribution in [1.82, 2.24) is 5.32 Å². The van der Waals surface area contributed by atoms with Gasteiger partial charge in [0.25, 0.3) is 5.91 Å². The van der Waals surface area contributed by atoms with Crippen LogP contribution in [0.1, 0.15) is 50.4 Å². The van der Waals surface area contributed by atoms with Crippen molar-refractivity contribution in [1.29, 1.82) is 0 Å². The lowest BCUT2D eigenvalue weighted by atomic mass is 9.69. The van der Waals surface area contributed by atoms with Gasteiger partial charge in [-0.2, -0.15) is 0 Å². The molecule has 0 aliphatic heterocycles. The van der Waals surface area contributed by atoms with Gasteiger partial charge in [0.05, 0.1) is 15.6 Å². The van der Waals surface area contributed by atoms with Crippen molar-refractivity contribution in [3.63, 3.8) is 0 Å². The van der Waals surface area contributed by atoms with E-state index in [2.05, 4.69) is 26.1 Å². The van der Waals surface area contributed by atoms with Gasteiger partial charge in [-0.3, -0.25) is 4.79 Å². The molecule has 1 aromatic carbocycles. The summed E-state index contributed by atoms with van der Waals surface area (Å²) in [5.41, 5.74) is 0.820. The lowest BCUT2D eigenvalue weighted by Gasteiger charge is -2.39. The molecule has 2 fully saturated rings. The second-order valence-electron chi connectivity index (χ2n) is 7.23. The molecule has 2 aliphatic carbocycles. The summed E-state index contributed by atoms with van der Waals surface area (Å²) in [7, 11) is 0. The lowest BCUT2D eigenvalue weighted by molar-refractivity contribution is 0.0826. The fourth-order valence-corrected chi connectivity index (χ4v) is 4.94. The average Bonchev–Trinajstić information content (AvgIpc) is 2.71. The van der Waals surface area contributed by atoms with Gasteiger partial charge in [0.1, 0.15) is 0 Å². The van der Waals surface area contributed by atoms with Crippen LogP contribution in [0.15, 0.2) is 18.2 Å². The number of hydrogen-bond donors (Lipinski definition) is 1. The Morgan fingerprint density at radius 2 is 1.86 bits per heavy atom. The number of carbonyl (C=O) groups excluding carboxylic acids is 1. The van der Waals surface area contributed by atoms with Crippen molar-refractivity contribution in [2.45, 2.75) is 46.1 Å². The lowest BCUT2D eigenvalue weighted by Crippen LogP contribution is -2.47. The molecule has 1 aromatic rings. The minimum absolute atomic E-state index is 0.153. The van der Waals surface area contributed by atoms with Gasteiger partial charge in [-0.25, -0.2) is 0 Å². The molecule has 3 atom stereocenters. The fourth-order valence-electron chi connectivity index (χ4n) is 4.37. The van der Waals surface area contributed by atoms with Crippen molar-refractivity contribution in [3.05, 3.63) is 33.8 Å². The van der Waals surface area contributed by atoms with Gasteiger partial charge < -0.3 is 5.32 Å². The number of rotatable bonds is 2. The van der Waals surface area contributed by atoms with Gasteiger partial charge >= 0.3 is 0 Å². The Morgan fingerprint density at radius 3 is 2.33 bits per heavy atom. The fraction of sp³-hybridized carbons (Fsp3) is 0.588. The maximum atomic E-state index is 12.6. The molecular formula is C17H21Cl2NO. The SMILES string of the molecule is CC1(C)[C@H]2CC[C@]1(C)[C@H](NC(=O)c1c(Cl)cccc1Cl)C2. The Hall–Kier alpha value is -0.730. The molecule has 0 saturated heterocycles. The molecule has 0 radical (unpaired) electrons. The minimum atomic E-state index is -0.153. The van der Waals surface area contributed by atoms with Crippen LogP contribution < -0.4 is 5.32 Å². The van der Waals surface area contributed by atoms with Crippen LogP contribution in [0.5, 0.6) is 0 Å². The van der Waals surface area contributed by atoms with E-state index in [0.717, 1.165) is 6.42 Å². The van der Waals surface area contributed by atoms with E-state index >= 15 is 0 Å². The molecule has 114 valence electrons. The zero-order valence-corrected chi connectivity index (χ0v) is 14.2. The topological polar surface area (TPSA) is 29.1 Å². The minimum Gasteiger partial charge on any atom is -0.349 e. The number of benzene rings is 1. The first-order valence-corrected chi connectivity index (χ1v) is 8.28. The summed E-state index contributed by atoms with van der Waals surface area (Å²) in [6.07, 6.45) is 3.49. The monoisotopic (exact) mass is 325 g/mol. The average molecular weight is 326 g/mol. The highest BCUT2D eigenvalue weighted by Gasteiger charge is 2.61. The molecule has 2 bridgehead atoms. The Morgan fingerprint density at radius 1 is 1.24 bits per heavy atom. The van der Waals surface area contributed by atoms with Crippen molar-refractivity contribution < 1.29 is 4.79 Å². The third-order valence-corrected chi connectivity index (χ3v) is 6.92. The number of nitrogens with one attached hydrogen (secondary N) is 1. The zero-order valence-electron chi connectivity index (χ0n) is 12.7. The molecule has 1 amide bonds. The Balaban J connectivity index is 1.84. The van der Waals surface area contributed by atoms with E-state index in [9.17, 15) is 4.79 Å². The van der Waals surface area contributed by atoms with E-state index in [-0.39, 0.29) is 22.8 Å². The summed E-state index contributed by atoms with van der Waals surface area (Å²) in [5, 5.41) is 4.02. The van der Waals surface area contributed by atoms with E-state index in [1.807, 2.05) is 0 Å². The van der Waals surface area contributed by atoms with Gasteiger partial charge in [0, 0.05) is 6.04 Å². The second-order valence-corrected chi connectivity index (χ2v) is 8.05. The van der Waals surface area contributed by atoms with E-state index in [0.29, 0.717) is 21.5 Å². The molecule has 0 spiro atoms. The first kappa shape index (κ1) is 15.2. The largest absolute Gasteiger partial charge is 0.349 e. The smallest absolute Gasteiger partial charge is 0.254 e. The van der Waals surface area contributed by atoms with Crippen LogP contribution in [-0.4, -0.2) is 11.9 Å². The maximum absolute atomic E-state index is 12.6. The summed E-state index contributed by atoms with van der Waals surface area (Å²) >= 11 is 12.3. The molecule has 0 unspecified atom stereocenters. The van der Waals surface area contributed by atoms with Crippen LogP contribution in [-0.2, 0) is 0 Å². The van der Waals surface area contributed by atoms with Crippen LogP contribution in [0.2, 0.25) is 10.0 Å². The molecule has 2 saturated carbocycles. The first-order chi connectivity index (χ1) is 9.77. The van der Waals surface area contributed by atoms with Crippen LogP contribution in [0.4, 0.5) is 0 Å². The Bertz CT molecular complexity index is 578. The van der Waals surface area contributed by atoms with Crippen molar-refractivity contribution in [2.75, 3.05) is 0 Å². The third kappa shape index (κ3) is 2.10. The second kappa shape index (κ2) is 4.89. The Kier molecular flexibility index (Phi) is 3.53. The van der Waals surface area contributed by atoms with Crippen molar-refractivity contribution in [2.24, 2.45) is 16.7 Å². The molecular weight excluding hydrogens is 305 g/mol. The van der Waals surface area contributed by atoms with Crippen LogP contribution in [0.25, 0.3) is 0 Å². The normalized spacial score (nSPS) is 33.2. The maximum Gasteiger partial charge on any atom is 0.254 e. The van der Waals surface area contributed by atoms with Crippen LogP contribution in [0.3, 0.4) is 0 Å². The van der Waals surface area contributed by atoms with Gasteiger partial charge in [0.15, 0.2) is 0 Å². The first-order valence-electron chi connectivity index (χ1n) is 7.52. The third-order valence-electron chi connectivity index (χ3n) is 6.29. The summed E-state index contributed by atoms with van der Waals surface area (Å²) in [6.45, 7) is 6.97. The molecule has 0 heterocycles. The number of fused-ring (bicyclic) bond motifs is 2. The van der Waals surface area contributed by atoms with Gasteiger partial charge in [-0.05, 0) is 48.1 Å². The number of halogens is 2. The van der Waals surface area contributed by atoms with E-state index < -0.39 is 0 Å². The highest BCUT2D eigenvalue weighted by atomic mass is 35.5. The molecule has 2 nitrogen and oxygen atoms in total. The molecule has 3 rings (SSSR count). The van der Waals surface area contributed by atoms with Gasteiger partial charge in [0.2, 0.25) is 0 Å². The van der Waals surface area contributed by atoms with Crippen LogP contribution >= 0.6 is 23.2 Å². The highest BCUT2D eigenvalue weighted by Crippen LogP contribution is 2.65. The van der Waals surface area contributed by atoms with Crippen LogP contribution in [0, 0.1) is 16.7 Å². The van der Waals surface area contributed by atoms with Crippen molar-refractivity contribution >= 4 is 29.1 Å². The van der Waals surface area contributed by atoms with Crippen molar-refractivity contribution in [3.8, 4) is 0 Å². The van der Waals surface area contributed by atoms with E-state index in [4.69, 9.17) is 23.2 Å². The molecule has 21 heavy (non-hydrogen) atoms. The standard InChI is InChI=1S/C17H21Cl2NO/c1-16(2)10-7-8-17(16,3)13(9-10)20-15(21)14-11(18)5-4-6-12(14)19/h4-6,10,13H,7-9H2,1-3H3,(H,20,21)/t10-,13+,17+/m0/s1. The Labute approximate surface area is 136 Å². The summed E-state index contributed by atoms with van der Waals surface area (Å²) in [5.74, 6) is 0.537. The highest BCUT2D eigenvalue weighted by molar-refractivity contribution is 6.39. The zero-order chi connectivity index (χ0) is 15.4. The van der Waals surface area contributed by atoms with E-state index in [1.165, 1.54) is 12.8 Å².